The maximum atomic E-state index is 14.6. The zero-order chi connectivity index (χ0) is 27.6. The van der Waals surface area contributed by atoms with Crippen LogP contribution >= 0.6 is 0 Å². The summed E-state index contributed by atoms with van der Waals surface area (Å²) >= 11 is 0. The van der Waals surface area contributed by atoms with E-state index in [-0.39, 0.29) is 29.8 Å². The smallest absolute Gasteiger partial charge is 0.325 e. The lowest BCUT2D eigenvalue weighted by atomic mass is 10.00. The van der Waals surface area contributed by atoms with Crippen LogP contribution < -0.4 is 14.8 Å². The zero-order valence-electron chi connectivity index (χ0n) is 22.6. The van der Waals surface area contributed by atoms with E-state index in [1.165, 1.54) is 19.4 Å². The number of nitrogens with zero attached hydrogens (tertiary/aromatic N) is 2. The first-order chi connectivity index (χ1) is 18.7. The van der Waals surface area contributed by atoms with Crippen LogP contribution in [0.5, 0.6) is 11.5 Å². The Bertz CT molecular complexity index is 1190. The minimum Gasteiger partial charge on any atom is -0.486 e. The van der Waals surface area contributed by atoms with Crippen molar-refractivity contribution in [1.29, 1.82) is 0 Å². The highest BCUT2D eigenvalue weighted by Crippen LogP contribution is 2.43. The minimum absolute atomic E-state index is 0.0844. The van der Waals surface area contributed by atoms with E-state index in [2.05, 4.69) is 17.4 Å². The van der Waals surface area contributed by atoms with Crippen LogP contribution in [0, 0.1) is 5.82 Å². The van der Waals surface area contributed by atoms with E-state index in [0.717, 1.165) is 62.3 Å². The summed E-state index contributed by atoms with van der Waals surface area (Å²) in [5.41, 5.74) is 0.756. The topological polar surface area (TPSA) is 93.2 Å². The Balaban J connectivity index is 1.16. The summed E-state index contributed by atoms with van der Waals surface area (Å²) < 4.78 is 46.6. The molecule has 1 saturated heterocycles. The highest BCUT2D eigenvalue weighted by molar-refractivity contribution is 5.77. The number of aliphatic carboxylic acids is 1. The predicted molar refractivity (Wildman–Crippen MR) is 142 cm³/mol. The standard InChI is InChI=1S/C29H37F2N3O5/c1-29(2,31)24-17-38-23-15-19(30)14-22(26(23)39-24)25(28(35)36)34-12-10-21(16-34)37-13-4-3-7-20-9-8-18-6-5-11-32-27(18)33-20/h8-9,14-15,21,24-25H,3-7,10-13,16-17H2,1-2H3,(H,32,33)(H,35,36). The SMILES string of the molecule is CC(C)(F)C1COc2cc(F)cc(C(C(=O)O)N3CCC(OCCCCc4ccc5c(n4)NCCC5)C3)c2O1. The molecule has 212 valence electrons. The number of anilines is 1. The van der Waals surface area contributed by atoms with Crippen LogP contribution in [0.15, 0.2) is 24.3 Å². The summed E-state index contributed by atoms with van der Waals surface area (Å²) in [5.74, 6) is -0.586. The van der Waals surface area contributed by atoms with Gasteiger partial charge in [0.15, 0.2) is 17.6 Å². The molecule has 1 aromatic carbocycles. The van der Waals surface area contributed by atoms with E-state index in [0.29, 0.717) is 26.1 Å². The number of carboxylic acids is 1. The van der Waals surface area contributed by atoms with Gasteiger partial charge in [-0.05, 0) is 70.1 Å². The number of rotatable bonds is 10. The summed E-state index contributed by atoms with van der Waals surface area (Å²) in [7, 11) is 0. The molecule has 2 aromatic rings. The molecule has 8 nitrogen and oxygen atoms in total. The largest absolute Gasteiger partial charge is 0.486 e. The van der Waals surface area contributed by atoms with Gasteiger partial charge in [0, 0.05) is 43.6 Å². The third-order valence-electron chi connectivity index (χ3n) is 7.67. The van der Waals surface area contributed by atoms with Gasteiger partial charge in [-0.2, -0.15) is 0 Å². The molecule has 0 aliphatic carbocycles. The average Bonchev–Trinajstić information content (AvgIpc) is 3.35. The van der Waals surface area contributed by atoms with Crippen LogP contribution in [-0.4, -0.2) is 71.7 Å². The molecular weight excluding hydrogens is 508 g/mol. The first-order valence-electron chi connectivity index (χ1n) is 13.8. The maximum absolute atomic E-state index is 14.6. The number of unbranched alkanes of at least 4 members (excludes halogenated alkanes) is 1. The molecule has 1 fully saturated rings. The molecule has 0 amide bonds. The Labute approximate surface area is 227 Å². The second kappa shape index (κ2) is 11.6. The number of carboxylic acid groups (broad SMARTS) is 1. The van der Waals surface area contributed by atoms with Crippen LogP contribution in [0.1, 0.15) is 62.4 Å². The van der Waals surface area contributed by atoms with Crippen LogP contribution in [0.4, 0.5) is 14.6 Å². The molecule has 10 heteroatoms. The molecule has 3 atom stereocenters. The average molecular weight is 546 g/mol. The second-order valence-electron chi connectivity index (χ2n) is 11.1. The summed E-state index contributed by atoms with van der Waals surface area (Å²) in [5, 5.41) is 13.5. The van der Waals surface area contributed by atoms with Crippen LogP contribution in [0.3, 0.4) is 0 Å². The van der Waals surface area contributed by atoms with Crippen molar-refractivity contribution in [2.75, 3.05) is 38.2 Å². The molecule has 3 aliphatic rings. The van der Waals surface area contributed by atoms with Gasteiger partial charge in [0.1, 0.15) is 30.0 Å². The van der Waals surface area contributed by atoms with E-state index in [9.17, 15) is 18.7 Å². The molecule has 0 bridgehead atoms. The fraction of sp³-hybridized carbons (Fsp3) is 0.586. The van der Waals surface area contributed by atoms with Gasteiger partial charge in [-0.1, -0.05) is 6.07 Å². The van der Waals surface area contributed by atoms with Gasteiger partial charge < -0.3 is 24.6 Å². The van der Waals surface area contributed by atoms with Crippen molar-refractivity contribution < 1.29 is 32.9 Å². The quantitative estimate of drug-likeness (QED) is 0.415. The predicted octanol–water partition coefficient (Wildman–Crippen LogP) is 4.71. The van der Waals surface area contributed by atoms with Crippen molar-refractivity contribution in [3.63, 3.8) is 0 Å². The number of pyridine rings is 1. The number of likely N-dealkylation sites (tertiary alicyclic amines) is 1. The highest BCUT2D eigenvalue weighted by Gasteiger charge is 2.41. The van der Waals surface area contributed by atoms with E-state index in [1.807, 2.05) is 0 Å². The summed E-state index contributed by atoms with van der Waals surface area (Å²) in [6.07, 6.45) is 4.50. The van der Waals surface area contributed by atoms with Crippen LogP contribution in [0.25, 0.3) is 0 Å². The lowest BCUT2D eigenvalue weighted by Gasteiger charge is -2.35. The summed E-state index contributed by atoms with van der Waals surface area (Å²) in [6, 6.07) is 5.39. The van der Waals surface area contributed by atoms with E-state index in [1.54, 1.807) is 4.90 Å². The third kappa shape index (κ3) is 6.44. The van der Waals surface area contributed by atoms with E-state index < -0.39 is 29.6 Å². The molecule has 5 rings (SSSR count). The number of aromatic nitrogens is 1. The van der Waals surface area contributed by atoms with Gasteiger partial charge in [-0.3, -0.25) is 9.69 Å². The Morgan fingerprint density at radius 2 is 2.18 bits per heavy atom. The van der Waals surface area contributed by atoms with Gasteiger partial charge in [0.2, 0.25) is 0 Å². The number of hydrogen-bond donors (Lipinski definition) is 2. The Hall–Kier alpha value is -2.98. The molecule has 0 radical (unpaired) electrons. The molecule has 1 aromatic heterocycles. The molecular formula is C29H37F2N3O5. The first-order valence-corrected chi connectivity index (χ1v) is 13.8. The highest BCUT2D eigenvalue weighted by atomic mass is 19.1. The molecule has 0 saturated carbocycles. The zero-order valence-corrected chi connectivity index (χ0v) is 22.6. The van der Waals surface area contributed by atoms with E-state index in [4.69, 9.17) is 19.2 Å². The van der Waals surface area contributed by atoms with Crippen LogP contribution in [-0.2, 0) is 22.4 Å². The van der Waals surface area contributed by atoms with Crippen molar-refractivity contribution in [1.82, 2.24) is 9.88 Å². The van der Waals surface area contributed by atoms with Gasteiger partial charge in [0.05, 0.1) is 6.10 Å². The van der Waals surface area contributed by atoms with Gasteiger partial charge >= 0.3 is 5.97 Å². The summed E-state index contributed by atoms with van der Waals surface area (Å²) in [4.78, 5) is 18.9. The van der Waals surface area contributed by atoms with Gasteiger partial charge in [0.25, 0.3) is 0 Å². The number of fused-ring (bicyclic) bond motifs is 2. The van der Waals surface area contributed by atoms with Crippen molar-refractivity contribution in [3.8, 4) is 11.5 Å². The third-order valence-corrected chi connectivity index (χ3v) is 7.67. The second-order valence-corrected chi connectivity index (χ2v) is 11.1. The Morgan fingerprint density at radius 1 is 1.33 bits per heavy atom. The van der Waals surface area contributed by atoms with Gasteiger partial charge in [-0.15, -0.1) is 0 Å². The lowest BCUT2D eigenvalue weighted by molar-refractivity contribution is -0.143. The number of alkyl halides is 1. The van der Waals surface area contributed by atoms with Crippen molar-refractivity contribution in [2.24, 2.45) is 0 Å². The number of carbonyl (C=O) groups is 1. The van der Waals surface area contributed by atoms with Crippen molar-refractivity contribution in [3.05, 3.63) is 46.9 Å². The van der Waals surface area contributed by atoms with Crippen molar-refractivity contribution >= 4 is 11.8 Å². The maximum Gasteiger partial charge on any atom is 0.325 e. The molecule has 0 spiro atoms. The molecule has 39 heavy (non-hydrogen) atoms. The number of ether oxygens (including phenoxy) is 3. The van der Waals surface area contributed by atoms with Gasteiger partial charge in [-0.25, -0.2) is 13.8 Å². The lowest BCUT2D eigenvalue weighted by Crippen LogP contribution is -2.44. The van der Waals surface area contributed by atoms with Crippen molar-refractivity contribution in [2.45, 2.75) is 76.3 Å². The monoisotopic (exact) mass is 545 g/mol. The molecule has 4 heterocycles. The Kier molecular flexibility index (Phi) is 8.23. The fourth-order valence-corrected chi connectivity index (χ4v) is 5.48. The minimum atomic E-state index is -1.72. The number of aryl methyl sites for hydroxylation is 2. The molecule has 3 unspecified atom stereocenters. The number of nitrogens with one attached hydrogen (secondary N) is 1. The van der Waals surface area contributed by atoms with Crippen LogP contribution in [0.2, 0.25) is 0 Å². The fourth-order valence-electron chi connectivity index (χ4n) is 5.48. The number of halogens is 2. The Morgan fingerprint density at radius 3 is 2.97 bits per heavy atom. The molecule has 2 N–H and O–H groups in total. The number of hydrogen-bond acceptors (Lipinski definition) is 7. The first kappa shape index (κ1) is 27.6. The number of benzene rings is 1. The van der Waals surface area contributed by atoms with E-state index >= 15 is 0 Å². The molecule has 3 aliphatic heterocycles. The normalized spacial score (nSPS) is 21.7. The summed E-state index contributed by atoms with van der Waals surface area (Å²) in [6.45, 7) is 5.04.